The average Bonchev–Trinajstić information content (AvgIpc) is 3.05. The van der Waals surface area contributed by atoms with Gasteiger partial charge in [-0.15, -0.1) is 11.3 Å². The first-order chi connectivity index (χ1) is 9.16. The molecule has 1 aromatic carbocycles. The van der Waals surface area contributed by atoms with E-state index in [-0.39, 0.29) is 11.6 Å². The van der Waals surface area contributed by atoms with Crippen LogP contribution in [0.1, 0.15) is 17.4 Å². The molecule has 1 unspecified atom stereocenters. The van der Waals surface area contributed by atoms with Crippen LogP contribution in [0.2, 0.25) is 0 Å². The van der Waals surface area contributed by atoms with Gasteiger partial charge in [0, 0.05) is 10.3 Å². The molecule has 0 bridgehead atoms. The van der Waals surface area contributed by atoms with Crippen molar-refractivity contribution in [2.24, 2.45) is 0 Å². The van der Waals surface area contributed by atoms with Gasteiger partial charge in [-0.05, 0) is 22.9 Å². The van der Waals surface area contributed by atoms with Crippen LogP contribution in [0.4, 0.5) is 5.88 Å². The molecular weight excluding hydrogens is 266 g/mol. The lowest BCUT2D eigenvalue weighted by atomic mass is 10.1. The van der Waals surface area contributed by atoms with Gasteiger partial charge in [0.25, 0.3) is 0 Å². The zero-order valence-corrected chi connectivity index (χ0v) is 10.5. The SMILES string of the molecule is O=[N+]([O-])c1ccc(C(O)c2csc3ccccc23)o1. The summed E-state index contributed by atoms with van der Waals surface area (Å²) in [5, 5.41) is 23.6. The number of nitrogens with zero attached hydrogens (tertiary/aromatic N) is 1. The fraction of sp³-hybridized carbons (Fsp3) is 0.0769. The minimum absolute atomic E-state index is 0.176. The predicted octanol–water partition coefficient (Wildman–Crippen LogP) is 3.48. The zero-order valence-electron chi connectivity index (χ0n) is 9.65. The molecule has 0 saturated heterocycles. The third kappa shape index (κ3) is 2.00. The molecule has 6 heteroatoms. The van der Waals surface area contributed by atoms with Gasteiger partial charge in [0.15, 0.2) is 0 Å². The van der Waals surface area contributed by atoms with Gasteiger partial charge in [-0.25, -0.2) is 0 Å². The predicted molar refractivity (Wildman–Crippen MR) is 71.2 cm³/mol. The molecule has 0 aliphatic rings. The maximum atomic E-state index is 10.6. The van der Waals surface area contributed by atoms with Crippen molar-refractivity contribution in [1.29, 1.82) is 0 Å². The summed E-state index contributed by atoms with van der Waals surface area (Å²) in [6, 6.07) is 10.3. The van der Waals surface area contributed by atoms with E-state index in [0.717, 1.165) is 10.1 Å². The van der Waals surface area contributed by atoms with Gasteiger partial charge >= 0.3 is 5.88 Å². The van der Waals surface area contributed by atoms with Crippen molar-refractivity contribution >= 4 is 27.3 Å². The van der Waals surface area contributed by atoms with E-state index >= 15 is 0 Å². The highest BCUT2D eigenvalue weighted by Crippen LogP contribution is 2.34. The summed E-state index contributed by atoms with van der Waals surface area (Å²) in [6.07, 6.45) is -0.996. The minimum Gasteiger partial charge on any atom is -0.403 e. The quantitative estimate of drug-likeness (QED) is 0.586. The Morgan fingerprint density at radius 2 is 2.05 bits per heavy atom. The Labute approximate surface area is 111 Å². The first-order valence-electron chi connectivity index (χ1n) is 5.55. The van der Waals surface area contributed by atoms with Crippen molar-refractivity contribution in [3.8, 4) is 0 Å². The van der Waals surface area contributed by atoms with Crippen molar-refractivity contribution in [2.75, 3.05) is 0 Å². The lowest BCUT2D eigenvalue weighted by Gasteiger charge is -2.05. The van der Waals surface area contributed by atoms with E-state index in [9.17, 15) is 15.2 Å². The normalized spacial score (nSPS) is 12.7. The van der Waals surface area contributed by atoms with Gasteiger partial charge in [-0.1, -0.05) is 18.2 Å². The second-order valence-electron chi connectivity index (χ2n) is 4.02. The molecule has 0 saturated carbocycles. The first-order valence-corrected chi connectivity index (χ1v) is 6.43. The Kier molecular flexibility index (Phi) is 2.81. The Morgan fingerprint density at radius 1 is 1.26 bits per heavy atom. The van der Waals surface area contributed by atoms with Crippen molar-refractivity contribution in [3.05, 3.63) is 63.2 Å². The number of thiophene rings is 1. The van der Waals surface area contributed by atoms with Crippen molar-refractivity contribution in [2.45, 2.75) is 6.10 Å². The maximum Gasteiger partial charge on any atom is 0.433 e. The Morgan fingerprint density at radius 3 is 2.79 bits per heavy atom. The fourth-order valence-electron chi connectivity index (χ4n) is 1.95. The number of hydrogen-bond acceptors (Lipinski definition) is 5. The van der Waals surface area contributed by atoms with E-state index in [1.54, 1.807) is 0 Å². The van der Waals surface area contributed by atoms with Crippen LogP contribution in [0.3, 0.4) is 0 Å². The van der Waals surface area contributed by atoms with E-state index in [4.69, 9.17) is 4.42 Å². The van der Waals surface area contributed by atoms with Crippen molar-refractivity contribution in [1.82, 2.24) is 0 Å². The smallest absolute Gasteiger partial charge is 0.403 e. The van der Waals surface area contributed by atoms with E-state index in [0.29, 0.717) is 5.56 Å². The van der Waals surface area contributed by atoms with Crippen LogP contribution in [0.5, 0.6) is 0 Å². The average molecular weight is 275 g/mol. The van der Waals surface area contributed by atoms with Gasteiger partial charge in [0.05, 0.1) is 6.07 Å². The lowest BCUT2D eigenvalue weighted by molar-refractivity contribution is -0.402. The summed E-state index contributed by atoms with van der Waals surface area (Å²) >= 11 is 1.51. The summed E-state index contributed by atoms with van der Waals surface area (Å²) in [7, 11) is 0. The number of hydrogen-bond donors (Lipinski definition) is 1. The van der Waals surface area contributed by atoms with Gasteiger partial charge in [-0.3, -0.25) is 10.1 Å². The third-order valence-electron chi connectivity index (χ3n) is 2.87. The lowest BCUT2D eigenvalue weighted by Crippen LogP contribution is -1.96. The summed E-state index contributed by atoms with van der Waals surface area (Å²) in [5.41, 5.74) is 0.699. The third-order valence-corrected chi connectivity index (χ3v) is 3.85. The Hall–Kier alpha value is -2.18. The summed E-state index contributed by atoms with van der Waals surface area (Å²) in [4.78, 5) is 9.94. The molecule has 1 atom stereocenters. The van der Waals surface area contributed by atoms with Gasteiger partial charge < -0.3 is 9.52 Å². The van der Waals surface area contributed by atoms with Crippen molar-refractivity contribution in [3.63, 3.8) is 0 Å². The molecule has 0 amide bonds. The number of rotatable bonds is 3. The van der Waals surface area contributed by atoms with Gasteiger partial charge in [-0.2, -0.15) is 0 Å². The van der Waals surface area contributed by atoms with Gasteiger partial charge in [0.1, 0.15) is 16.8 Å². The highest BCUT2D eigenvalue weighted by molar-refractivity contribution is 7.17. The molecule has 0 aliphatic carbocycles. The number of aliphatic hydroxyl groups is 1. The maximum absolute atomic E-state index is 10.6. The fourth-order valence-corrected chi connectivity index (χ4v) is 2.93. The number of furan rings is 1. The zero-order chi connectivity index (χ0) is 13.4. The highest BCUT2D eigenvalue weighted by Gasteiger charge is 2.21. The summed E-state index contributed by atoms with van der Waals surface area (Å²) in [6.45, 7) is 0. The number of aliphatic hydroxyl groups excluding tert-OH is 1. The van der Waals surface area contributed by atoms with Crippen molar-refractivity contribution < 1.29 is 14.4 Å². The van der Waals surface area contributed by atoms with Crippen LogP contribution in [0.25, 0.3) is 10.1 Å². The molecule has 5 nitrogen and oxygen atoms in total. The van der Waals surface area contributed by atoms with Crippen LogP contribution in [-0.4, -0.2) is 10.0 Å². The molecule has 96 valence electrons. The molecule has 3 aromatic rings. The summed E-state index contributed by atoms with van der Waals surface area (Å²) < 4.78 is 6.09. The number of fused-ring (bicyclic) bond motifs is 1. The van der Waals surface area contributed by atoms with Crippen LogP contribution in [0.15, 0.2) is 46.2 Å². The van der Waals surface area contributed by atoms with E-state index in [2.05, 4.69) is 0 Å². The van der Waals surface area contributed by atoms with E-state index < -0.39 is 11.0 Å². The van der Waals surface area contributed by atoms with Crippen LogP contribution in [0, 0.1) is 10.1 Å². The first kappa shape index (κ1) is 11.9. The molecule has 0 fully saturated rings. The minimum atomic E-state index is -0.996. The molecule has 0 aliphatic heterocycles. The summed E-state index contributed by atoms with van der Waals surface area (Å²) in [5.74, 6) is -0.191. The molecule has 0 radical (unpaired) electrons. The van der Waals surface area contributed by atoms with Crippen LogP contribution in [-0.2, 0) is 0 Å². The monoisotopic (exact) mass is 275 g/mol. The largest absolute Gasteiger partial charge is 0.433 e. The van der Waals surface area contributed by atoms with Crippen LogP contribution < -0.4 is 0 Å². The molecule has 2 heterocycles. The van der Waals surface area contributed by atoms with E-state index in [1.807, 2.05) is 29.6 Å². The standard InChI is InChI=1S/C13H9NO4S/c15-13(10-5-6-12(18-10)14(16)17)9-7-19-11-4-2-1-3-8(9)11/h1-7,13,15H. The Balaban J connectivity index is 2.03. The topological polar surface area (TPSA) is 76.5 Å². The highest BCUT2D eigenvalue weighted by atomic mass is 32.1. The Bertz CT molecular complexity index is 746. The number of nitro groups is 1. The molecule has 1 N–H and O–H groups in total. The molecule has 0 spiro atoms. The van der Waals surface area contributed by atoms with Crippen LogP contribution >= 0.6 is 11.3 Å². The number of benzene rings is 1. The second-order valence-corrected chi connectivity index (χ2v) is 4.93. The second kappa shape index (κ2) is 4.49. The molecular formula is C13H9NO4S. The molecule has 3 rings (SSSR count). The molecule has 2 aromatic heterocycles. The molecule has 19 heavy (non-hydrogen) atoms. The van der Waals surface area contributed by atoms with E-state index in [1.165, 1.54) is 23.5 Å². The van der Waals surface area contributed by atoms with Gasteiger partial charge in [0.2, 0.25) is 0 Å².